The summed E-state index contributed by atoms with van der Waals surface area (Å²) in [5, 5.41) is 11.1. The Morgan fingerprint density at radius 2 is 2.41 bits per heavy atom. The van der Waals surface area contributed by atoms with E-state index in [1.54, 1.807) is 18.9 Å². The first-order valence-corrected chi connectivity index (χ1v) is 5.69. The Bertz CT molecular complexity index is 422. The van der Waals surface area contributed by atoms with Crippen LogP contribution in [-0.2, 0) is 17.7 Å². The van der Waals surface area contributed by atoms with Crippen molar-refractivity contribution in [2.75, 3.05) is 25.5 Å². The zero-order valence-electron chi connectivity index (χ0n) is 10.1. The normalized spacial score (nSPS) is 14.1. The Morgan fingerprint density at radius 3 is 3.12 bits per heavy atom. The molecule has 0 unspecified atom stereocenters. The van der Waals surface area contributed by atoms with E-state index >= 15 is 0 Å². The summed E-state index contributed by atoms with van der Waals surface area (Å²) in [5.74, 6) is 0.717. The van der Waals surface area contributed by atoms with E-state index in [4.69, 9.17) is 4.74 Å². The SMILES string of the molecule is CCOC(=O)N1CCc2nnc(NC)cc2C1. The van der Waals surface area contributed by atoms with E-state index in [2.05, 4.69) is 15.5 Å². The van der Waals surface area contributed by atoms with Gasteiger partial charge in [-0.2, -0.15) is 5.10 Å². The Morgan fingerprint density at radius 1 is 1.59 bits per heavy atom. The van der Waals surface area contributed by atoms with Crippen molar-refractivity contribution in [3.8, 4) is 0 Å². The monoisotopic (exact) mass is 236 g/mol. The highest BCUT2D eigenvalue weighted by Crippen LogP contribution is 2.19. The van der Waals surface area contributed by atoms with Crippen LogP contribution in [0.5, 0.6) is 0 Å². The van der Waals surface area contributed by atoms with Crippen LogP contribution in [0.4, 0.5) is 10.6 Å². The van der Waals surface area contributed by atoms with Crippen LogP contribution in [0.25, 0.3) is 0 Å². The number of rotatable bonds is 2. The van der Waals surface area contributed by atoms with Gasteiger partial charge in [0, 0.05) is 20.0 Å². The van der Waals surface area contributed by atoms with Crippen molar-refractivity contribution >= 4 is 11.9 Å². The topological polar surface area (TPSA) is 67.3 Å². The Hall–Kier alpha value is -1.85. The maximum atomic E-state index is 11.6. The third kappa shape index (κ3) is 2.46. The van der Waals surface area contributed by atoms with E-state index in [0.717, 1.165) is 23.5 Å². The van der Waals surface area contributed by atoms with Gasteiger partial charge in [0.15, 0.2) is 0 Å². The second-order valence-electron chi connectivity index (χ2n) is 3.82. The molecule has 0 atom stereocenters. The number of nitrogens with one attached hydrogen (secondary N) is 1. The Labute approximate surface area is 100.0 Å². The molecule has 0 radical (unpaired) electrons. The Kier molecular flexibility index (Phi) is 3.41. The van der Waals surface area contributed by atoms with Crippen LogP contribution >= 0.6 is 0 Å². The van der Waals surface area contributed by atoms with Gasteiger partial charge in [-0.1, -0.05) is 0 Å². The van der Waals surface area contributed by atoms with Crippen LogP contribution in [0.15, 0.2) is 6.07 Å². The molecule has 1 N–H and O–H groups in total. The molecule has 0 spiro atoms. The van der Waals surface area contributed by atoms with E-state index in [1.807, 2.05) is 6.07 Å². The molecule has 6 heteroatoms. The molecule has 0 aromatic carbocycles. The van der Waals surface area contributed by atoms with E-state index in [0.29, 0.717) is 19.7 Å². The molecule has 1 aromatic rings. The summed E-state index contributed by atoms with van der Waals surface area (Å²) < 4.78 is 4.99. The molecule has 2 heterocycles. The largest absolute Gasteiger partial charge is 0.450 e. The van der Waals surface area contributed by atoms with Crippen LogP contribution in [0.2, 0.25) is 0 Å². The van der Waals surface area contributed by atoms with Gasteiger partial charge in [0.05, 0.1) is 18.8 Å². The van der Waals surface area contributed by atoms with Crippen molar-refractivity contribution in [2.24, 2.45) is 0 Å². The number of carbonyl (C=O) groups is 1. The molecular weight excluding hydrogens is 220 g/mol. The second-order valence-corrected chi connectivity index (χ2v) is 3.82. The minimum Gasteiger partial charge on any atom is -0.450 e. The van der Waals surface area contributed by atoms with Gasteiger partial charge >= 0.3 is 6.09 Å². The Balaban J connectivity index is 2.14. The number of carbonyl (C=O) groups excluding carboxylic acids is 1. The van der Waals surface area contributed by atoms with Crippen molar-refractivity contribution in [3.63, 3.8) is 0 Å². The molecule has 17 heavy (non-hydrogen) atoms. The summed E-state index contributed by atoms with van der Waals surface area (Å²) >= 11 is 0. The molecule has 2 rings (SSSR count). The zero-order chi connectivity index (χ0) is 12.3. The van der Waals surface area contributed by atoms with E-state index < -0.39 is 0 Å². The molecular formula is C11H16N4O2. The third-order valence-electron chi connectivity index (χ3n) is 2.72. The van der Waals surface area contributed by atoms with Crippen molar-refractivity contribution in [1.29, 1.82) is 0 Å². The molecule has 0 bridgehead atoms. The fraction of sp³-hybridized carbons (Fsp3) is 0.545. The van der Waals surface area contributed by atoms with Gasteiger partial charge in [-0.3, -0.25) is 0 Å². The number of anilines is 1. The van der Waals surface area contributed by atoms with Gasteiger partial charge in [0.25, 0.3) is 0 Å². The lowest BCUT2D eigenvalue weighted by Gasteiger charge is -2.27. The number of nitrogens with zero attached hydrogens (tertiary/aromatic N) is 3. The smallest absolute Gasteiger partial charge is 0.410 e. The summed E-state index contributed by atoms with van der Waals surface area (Å²) in [7, 11) is 1.79. The van der Waals surface area contributed by atoms with Crippen LogP contribution in [0.1, 0.15) is 18.2 Å². The van der Waals surface area contributed by atoms with E-state index in [1.165, 1.54) is 0 Å². The van der Waals surface area contributed by atoms with E-state index in [9.17, 15) is 4.79 Å². The maximum Gasteiger partial charge on any atom is 0.410 e. The van der Waals surface area contributed by atoms with E-state index in [-0.39, 0.29) is 6.09 Å². The van der Waals surface area contributed by atoms with Crippen molar-refractivity contribution in [1.82, 2.24) is 15.1 Å². The third-order valence-corrected chi connectivity index (χ3v) is 2.72. The summed E-state index contributed by atoms with van der Waals surface area (Å²) in [6.45, 7) is 3.39. The summed E-state index contributed by atoms with van der Waals surface area (Å²) in [4.78, 5) is 13.3. The predicted octanol–water partition coefficient (Wildman–Crippen LogP) is 1.03. The summed E-state index contributed by atoms with van der Waals surface area (Å²) in [6.07, 6.45) is 0.464. The van der Waals surface area contributed by atoms with Crippen LogP contribution in [0, 0.1) is 0 Å². The number of fused-ring (bicyclic) bond motifs is 1. The predicted molar refractivity (Wildman–Crippen MR) is 62.7 cm³/mol. The molecule has 1 aliphatic heterocycles. The summed E-state index contributed by atoms with van der Waals surface area (Å²) in [6, 6.07) is 1.92. The van der Waals surface area contributed by atoms with Gasteiger partial charge in [0.2, 0.25) is 0 Å². The standard InChI is InChI=1S/C11H16N4O2/c1-3-17-11(16)15-5-4-9-8(7-15)6-10(12-2)14-13-9/h6H,3-5,7H2,1-2H3,(H,12,14). The van der Waals surface area contributed by atoms with Crippen LogP contribution in [-0.4, -0.2) is 41.4 Å². The van der Waals surface area contributed by atoms with Crippen molar-refractivity contribution in [2.45, 2.75) is 19.9 Å². The highest BCUT2D eigenvalue weighted by atomic mass is 16.6. The first kappa shape index (κ1) is 11.6. The average molecular weight is 236 g/mol. The molecule has 1 amide bonds. The molecule has 0 saturated heterocycles. The lowest BCUT2D eigenvalue weighted by molar-refractivity contribution is 0.102. The van der Waals surface area contributed by atoms with Gasteiger partial charge in [-0.05, 0) is 18.6 Å². The number of hydrogen-bond donors (Lipinski definition) is 1. The molecule has 92 valence electrons. The molecule has 0 aliphatic carbocycles. The van der Waals surface area contributed by atoms with Gasteiger partial charge in [-0.25, -0.2) is 4.79 Å². The number of ether oxygens (including phenoxy) is 1. The number of aromatic nitrogens is 2. The average Bonchev–Trinajstić information content (AvgIpc) is 2.37. The molecule has 0 saturated carbocycles. The first-order valence-electron chi connectivity index (χ1n) is 5.69. The van der Waals surface area contributed by atoms with Crippen molar-refractivity contribution in [3.05, 3.63) is 17.3 Å². The van der Waals surface area contributed by atoms with Gasteiger partial charge in [0.1, 0.15) is 5.82 Å². The number of amides is 1. The van der Waals surface area contributed by atoms with Gasteiger partial charge < -0.3 is 15.0 Å². The number of hydrogen-bond acceptors (Lipinski definition) is 5. The van der Waals surface area contributed by atoms with Crippen LogP contribution in [0.3, 0.4) is 0 Å². The minimum absolute atomic E-state index is 0.263. The van der Waals surface area contributed by atoms with Gasteiger partial charge in [-0.15, -0.1) is 5.10 Å². The molecule has 6 nitrogen and oxygen atoms in total. The quantitative estimate of drug-likeness (QED) is 0.830. The lowest BCUT2D eigenvalue weighted by atomic mass is 10.1. The first-order chi connectivity index (χ1) is 8.24. The van der Waals surface area contributed by atoms with Crippen molar-refractivity contribution < 1.29 is 9.53 Å². The molecule has 0 fully saturated rings. The summed E-state index contributed by atoms with van der Waals surface area (Å²) in [5.41, 5.74) is 1.99. The minimum atomic E-state index is -0.263. The van der Waals surface area contributed by atoms with Crippen LogP contribution < -0.4 is 5.32 Å². The molecule has 1 aromatic heterocycles. The fourth-order valence-corrected chi connectivity index (χ4v) is 1.82. The molecule has 1 aliphatic rings. The maximum absolute atomic E-state index is 11.6. The fourth-order valence-electron chi connectivity index (χ4n) is 1.82. The second kappa shape index (κ2) is 4.99. The highest BCUT2D eigenvalue weighted by Gasteiger charge is 2.22. The zero-order valence-corrected chi connectivity index (χ0v) is 10.1. The highest BCUT2D eigenvalue weighted by molar-refractivity contribution is 5.68. The lowest BCUT2D eigenvalue weighted by Crippen LogP contribution is -2.36.